The smallest absolute Gasteiger partial charge is 0.128 e. The van der Waals surface area contributed by atoms with E-state index in [1.165, 1.54) is 24.8 Å². The molecule has 0 aliphatic rings. The Morgan fingerprint density at radius 2 is 1.31 bits per heavy atom. The van der Waals surface area contributed by atoms with Crippen molar-refractivity contribution in [3.8, 4) is 23.7 Å². The second-order valence-corrected chi connectivity index (χ2v) is 8.18. The molecule has 2 heteroatoms. The Kier molecular flexibility index (Phi) is 9.09. The second-order valence-electron chi connectivity index (χ2n) is 8.18. The van der Waals surface area contributed by atoms with Gasteiger partial charge in [0.05, 0.1) is 5.56 Å². The van der Waals surface area contributed by atoms with Crippen molar-refractivity contribution in [2.75, 3.05) is 0 Å². The Hall–Kier alpha value is -3.36. The van der Waals surface area contributed by atoms with Gasteiger partial charge in [-0.15, -0.1) is 0 Å². The molecule has 0 radical (unpaired) electrons. The molecule has 0 unspecified atom stereocenters. The van der Waals surface area contributed by atoms with E-state index in [0.29, 0.717) is 0 Å². The second kappa shape index (κ2) is 12.5. The van der Waals surface area contributed by atoms with Crippen LogP contribution in [0.2, 0.25) is 0 Å². The van der Waals surface area contributed by atoms with Gasteiger partial charge in [0.15, 0.2) is 0 Å². The number of nitrogens with zero attached hydrogens (tertiary/aromatic N) is 2. The van der Waals surface area contributed by atoms with Crippen LogP contribution in [-0.4, -0.2) is 9.97 Å². The number of benzene rings is 2. The SMILES string of the molecule is CCCCCc1ccc(C#Cc2ccc(C#Cc3cnc(CCCC)nc3)c(C)c2)cc1. The lowest BCUT2D eigenvalue weighted by atomic mass is 10.0. The zero-order chi connectivity index (χ0) is 22.6. The Morgan fingerprint density at radius 1 is 0.656 bits per heavy atom. The quantitative estimate of drug-likeness (QED) is 0.315. The Morgan fingerprint density at radius 3 is 2.00 bits per heavy atom. The number of aryl methyl sites for hydroxylation is 3. The minimum Gasteiger partial charge on any atom is -0.240 e. The molecule has 0 spiro atoms. The van der Waals surface area contributed by atoms with E-state index in [4.69, 9.17) is 0 Å². The van der Waals surface area contributed by atoms with Crippen LogP contribution in [0.4, 0.5) is 0 Å². The third kappa shape index (κ3) is 7.40. The standard InChI is InChI=1S/C30H32N2/c1-4-6-8-9-25-11-13-26(14-12-25)15-16-27-17-19-29(24(3)21-27)20-18-28-22-31-30(32-23-28)10-7-5-2/h11-14,17,19,21-23H,4-10H2,1-3H3. The van der Waals surface area contributed by atoms with Crippen molar-refractivity contribution in [1.29, 1.82) is 0 Å². The third-order valence-corrected chi connectivity index (χ3v) is 5.40. The lowest BCUT2D eigenvalue weighted by Gasteiger charge is -2.01. The molecule has 162 valence electrons. The van der Waals surface area contributed by atoms with E-state index in [2.05, 4.69) is 84.8 Å². The molecule has 0 saturated heterocycles. The summed E-state index contributed by atoms with van der Waals surface area (Å²) in [5.41, 5.74) is 6.41. The van der Waals surface area contributed by atoms with E-state index in [1.807, 2.05) is 24.5 Å². The van der Waals surface area contributed by atoms with Crippen molar-refractivity contribution in [2.45, 2.75) is 65.7 Å². The summed E-state index contributed by atoms with van der Waals surface area (Å²) < 4.78 is 0. The van der Waals surface area contributed by atoms with Crippen LogP contribution in [0.15, 0.2) is 54.9 Å². The predicted octanol–water partition coefficient (Wildman–Crippen LogP) is 6.66. The lowest BCUT2D eigenvalue weighted by molar-refractivity contribution is 0.717. The Balaban J connectivity index is 1.63. The van der Waals surface area contributed by atoms with Gasteiger partial charge in [-0.3, -0.25) is 0 Å². The number of hydrogen-bond acceptors (Lipinski definition) is 2. The van der Waals surface area contributed by atoms with Gasteiger partial charge in [-0.05, 0) is 67.6 Å². The lowest BCUT2D eigenvalue weighted by Crippen LogP contribution is -1.94. The summed E-state index contributed by atoms with van der Waals surface area (Å²) in [4.78, 5) is 8.82. The average molecular weight is 421 g/mol. The molecule has 1 heterocycles. The van der Waals surface area contributed by atoms with Crippen molar-refractivity contribution in [1.82, 2.24) is 9.97 Å². The molecule has 3 aromatic rings. The van der Waals surface area contributed by atoms with Gasteiger partial charge in [0.2, 0.25) is 0 Å². The Bertz CT molecular complexity index is 1120. The minimum absolute atomic E-state index is 0.839. The monoisotopic (exact) mass is 420 g/mol. The summed E-state index contributed by atoms with van der Waals surface area (Å²) in [5, 5.41) is 0. The molecule has 1 aromatic heterocycles. The fourth-order valence-electron chi connectivity index (χ4n) is 3.38. The number of hydrogen-bond donors (Lipinski definition) is 0. The molecule has 3 rings (SSSR count). The highest BCUT2D eigenvalue weighted by Crippen LogP contribution is 2.11. The van der Waals surface area contributed by atoms with Gasteiger partial charge in [-0.25, -0.2) is 9.97 Å². The summed E-state index contributed by atoms with van der Waals surface area (Å²) in [7, 11) is 0. The molecule has 32 heavy (non-hydrogen) atoms. The number of aromatic nitrogens is 2. The summed E-state index contributed by atoms with van der Waals surface area (Å²) in [6, 6.07) is 14.8. The molecule has 0 atom stereocenters. The average Bonchev–Trinajstić information content (AvgIpc) is 2.82. The van der Waals surface area contributed by atoms with Crippen molar-refractivity contribution >= 4 is 0 Å². The molecule has 2 nitrogen and oxygen atoms in total. The highest BCUT2D eigenvalue weighted by molar-refractivity contribution is 5.51. The third-order valence-electron chi connectivity index (χ3n) is 5.40. The van der Waals surface area contributed by atoms with Gasteiger partial charge in [0.25, 0.3) is 0 Å². The maximum Gasteiger partial charge on any atom is 0.128 e. The van der Waals surface area contributed by atoms with E-state index < -0.39 is 0 Å². The first kappa shape index (κ1) is 23.3. The summed E-state index contributed by atoms with van der Waals surface area (Å²) in [6.45, 7) is 6.48. The van der Waals surface area contributed by atoms with Crippen molar-refractivity contribution in [2.24, 2.45) is 0 Å². The topological polar surface area (TPSA) is 25.8 Å². The van der Waals surface area contributed by atoms with E-state index in [1.54, 1.807) is 0 Å². The van der Waals surface area contributed by atoms with E-state index >= 15 is 0 Å². The van der Waals surface area contributed by atoms with Gasteiger partial charge in [-0.2, -0.15) is 0 Å². The number of rotatable bonds is 7. The maximum atomic E-state index is 4.41. The van der Waals surface area contributed by atoms with E-state index in [-0.39, 0.29) is 0 Å². The van der Waals surface area contributed by atoms with Crippen LogP contribution in [0.1, 0.15) is 85.2 Å². The Labute approximate surface area is 193 Å². The number of unbranched alkanes of at least 4 members (excludes halogenated alkanes) is 3. The van der Waals surface area contributed by atoms with Crippen LogP contribution >= 0.6 is 0 Å². The van der Waals surface area contributed by atoms with Crippen molar-refractivity contribution in [3.05, 3.63) is 94.1 Å². The van der Waals surface area contributed by atoms with Gasteiger partial charge in [-0.1, -0.05) is 68.9 Å². The first-order chi connectivity index (χ1) is 15.7. The van der Waals surface area contributed by atoms with Gasteiger partial charge < -0.3 is 0 Å². The predicted molar refractivity (Wildman–Crippen MR) is 133 cm³/mol. The highest BCUT2D eigenvalue weighted by Gasteiger charge is 1.98. The zero-order valence-electron chi connectivity index (χ0n) is 19.5. The van der Waals surface area contributed by atoms with Crippen LogP contribution in [0, 0.1) is 30.6 Å². The highest BCUT2D eigenvalue weighted by atomic mass is 14.9. The normalized spacial score (nSPS) is 10.1. The molecule has 0 aliphatic carbocycles. The van der Waals surface area contributed by atoms with Gasteiger partial charge >= 0.3 is 0 Å². The van der Waals surface area contributed by atoms with Crippen LogP contribution in [-0.2, 0) is 12.8 Å². The first-order valence-corrected chi connectivity index (χ1v) is 11.7. The first-order valence-electron chi connectivity index (χ1n) is 11.7. The summed E-state index contributed by atoms with van der Waals surface area (Å²) in [6.07, 6.45) is 11.8. The molecular weight excluding hydrogens is 388 g/mol. The van der Waals surface area contributed by atoms with Crippen LogP contribution in [0.5, 0.6) is 0 Å². The molecule has 0 saturated carbocycles. The van der Waals surface area contributed by atoms with E-state index in [9.17, 15) is 0 Å². The van der Waals surface area contributed by atoms with Crippen LogP contribution in [0.3, 0.4) is 0 Å². The summed E-state index contributed by atoms with van der Waals surface area (Å²) >= 11 is 0. The van der Waals surface area contributed by atoms with Crippen LogP contribution in [0.25, 0.3) is 0 Å². The molecule has 0 N–H and O–H groups in total. The summed E-state index contributed by atoms with van der Waals surface area (Å²) in [5.74, 6) is 13.9. The van der Waals surface area contributed by atoms with E-state index in [0.717, 1.165) is 59.3 Å². The van der Waals surface area contributed by atoms with Crippen LogP contribution < -0.4 is 0 Å². The molecule has 0 aliphatic heterocycles. The molecule has 0 amide bonds. The molecule has 0 fully saturated rings. The van der Waals surface area contributed by atoms with Gasteiger partial charge in [0.1, 0.15) is 5.82 Å². The zero-order valence-corrected chi connectivity index (χ0v) is 19.5. The molecule has 0 bridgehead atoms. The maximum absolute atomic E-state index is 4.41. The van der Waals surface area contributed by atoms with Gasteiger partial charge in [0, 0.05) is 35.5 Å². The fraction of sp³-hybridized carbons (Fsp3) is 0.333. The molecular formula is C30H32N2. The van der Waals surface area contributed by atoms with Crippen molar-refractivity contribution in [3.63, 3.8) is 0 Å². The minimum atomic E-state index is 0.839. The largest absolute Gasteiger partial charge is 0.240 e. The fourth-order valence-corrected chi connectivity index (χ4v) is 3.38. The molecule has 2 aromatic carbocycles. The van der Waals surface area contributed by atoms with Crippen molar-refractivity contribution < 1.29 is 0 Å².